The number of carboxylic acid groups (broad SMARTS) is 1. The smallest absolute Gasteiger partial charge is 0.323 e. The summed E-state index contributed by atoms with van der Waals surface area (Å²) in [5.41, 5.74) is 3.61. The average molecular weight is 272 g/mol. The lowest BCUT2D eigenvalue weighted by Gasteiger charge is -2.29. The molecule has 1 unspecified atom stereocenters. The Morgan fingerprint density at radius 1 is 1.40 bits per heavy atom. The summed E-state index contributed by atoms with van der Waals surface area (Å²) in [5.74, 6) is -0.775. The third kappa shape index (κ3) is 2.10. The standard InChI is InChI=1S/C16H20N2O2/c1-17(2)11-7-8-15-13(9-11)12-5-3-4-6-14(12)18(15)10-16(19)20/h3-6,11H,7-10H2,1-2H3,(H,19,20). The molecule has 0 saturated carbocycles. The van der Waals surface area contributed by atoms with Crippen LogP contribution in [-0.2, 0) is 24.2 Å². The minimum atomic E-state index is -0.775. The largest absolute Gasteiger partial charge is 0.480 e. The van der Waals surface area contributed by atoms with Gasteiger partial charge in [0.05, 0.1) is 0 Å². The summed E-state index contributed by atoms with van der Waals surface area (Å²) >= 11 is 0. The Morgan fingerprint density at radius 2 is 2.15 bits per heavy atom. The molecule has 1 aromatic carbocycles. The summed E-state index contributed by atoms with van der Waals surface area (Å²) < 4.78 is 1.98. The van der Waals surface area contributed by atoms with Crippen molar-refractivity contribution >= 4 is 16.9 Å². The molecule has 0 aliphatic heterocycles. The van der Waals surface area contributed by atoms with E-state index in [2.05, 4.69) is 25.1 Å². The van der Waals surface area contributed by atoms with Gasteiger partial charge in [0.25, 0.3) is 0 Å². The average Bonchev–Trinajstić information content (AvgIpc) is 2.73. The minimum Gasteiger partial charge on any atom is -0.480 e. The van der Waals surface area contributed by atoms with E-state index in [9.17, 15) is 4.79 Å². The second-order valence-electron chi connectivity index (χ2n) is 5.78. The molecule has 1 atom stereocenters. The van der Waals surface area contributed by atoms with Gasteiger partial charge in [-0.25, -0.2) is 0 Å². The van der Waals surface area contributed by atoms with Gasteiger partial charge in [0.1, 0.15) is 6.54 Å². The number of rotatable bonds is 3. The monoisotopic (exact) mass is 272 g/mol. The molecule has 1 aliphatic rings. The summed E-state index contributed by atoms with van der Waals surface area (Å²) in [6.45, 7) is 0.0580. The van der Waals surface area contributed by atoms with E-state index < -0.39 is 5.97 Å². The Bertz CT molecular complexity index is 658. The molecule has 4 heteroatoms. The van der Waals surface area contributed by atoms with Crippen LogP contribution >= 0.6 is 0 Å². The first-order valence-electron chi connectivity index (χ1n) is 7.05. The van der Waals surface area contributed by atoms with Gasteiger partial charge in [-0.05, 0) is 45.0 Å². The summed E-state index contributed by atoms with van der Waals surface area (Å²) in [4.78, 5) is 13.4. The second-order valence-corrected chi connectivity index (χ2v) is 5.78. The molecule has 4 nitrogen and oxygen atoms in total. The molecule has 1 heterocycles. The lowest BCUT2D eigenvalue weighted by Crippen LogP contribution is -2.33. The Kier molecular flexibility index (Phi) is 3.26. The molecule has 0 radical (unpaired) electrons. The van der Waals surface area contributed by atoms with Gasteiger partial charge in [-0.3, -0.25) is 4.79 Å². The van der Waals surface area contributed by atoms with Crippen molar-refractivity contribution in [1.82, 2.24) is 9.47 Å². The van der Waals surface area contributed by atoms with E-state index in [4.69, 9.17) is 5.11 Å². The van der Waals surface area contributed by atoms with Crippen LogP contribution in [-0.4, -0.2) is 40.7 Å². The van der Waals surface area contributed by atoms with Crippen molar-refractivity contribution in [1.29, 1.82) is 0 Å². The van der Waals surface area contributed by atoms with E-state index in [1.165, 1.54) is 16.6 Å². The lowest BCUT2D eigenvalue weighted by molar-refractivity contribution is -0.137. The fraction of sp³-hybridized carbons (Fsp3) is 0.438. The Hall–Kier alpha value is -1.81. The first-order valence-corrected chi connectivity index (χ1v) is 7.05. The number of nitrogens with zero attached hydrogens (tertiary/aromatic N) is 2. The highest BCUT2D eigenvalue weighted by molar-refractivity contribution is 5.87. The highest BCUT2D eigenvalue weighted by Gasteiger charge is 2.26. The molecule has 1 aliphatic carbocycles. The maximum atomic E-state index is 11.1. The molecule has 0 saturated heterocycles. The fourth-order valence-electron chi connectivity index (χ4n) is 3.34. The number of para-hydroxylation sites is 1. The van der Waals surface area contributed by atoms with Crippen molar-refractivity contribution in [2.45, 2.75) is 31.8 Å². The van der Waals surface area contributed by atoms with E-state index in [0.717, 1.165) is 24.8 Å². The quantitative estimate of drug-likeness (QED) is 0.931. The number of hydrogen-bond acceptors (Lipinski definition) is 2. The number of hydrogen-bond donors (Lipinski definition) is 1. The van der Waals surface area contributed by atoms with E-state index in [-0.39, 0.29) is 6.54 Å². The zero-order valence-corrected chi connectivity index (χ0v) is 12.0. The van der Waals surface area contributed by atoms with Crippen molar-refractivity contribution < 1.29 is 9.90 Å². The van der Waals surface area contributed by atoms with Gasteiger partial charge in [0.15, 0.2) is 0 Å². The number of aliphatic carboxylic acids is 1. The highest BCUT2D eigenvalue weighted by atomic mass is 16.4. The van der Waals surface area contributed by atoms with Gasteiger partial charge in [0, 0.05) is 22.6 Å². The number of fused-ring (bicyclic) bond motifs is 3. The summed E-state index contributed by atoms with van der Waals surface area (Å²) in [5, 5.41) is 10.4. The van der Waals surface area contributed by atoms with Crippen molar-refractivity contribution in [3.63, 3.8) is 0 Å². The van der Waals surface area contributed by atoms with Crippen LogP contribution in [0.4, 0.5) is 0 Å². The third-order valence-electron chi connectivity index (χ3n) is 4.37. The number of carbonyl (C=O) groups is 1. The van der Waals surface area contributed by atoms with Gasteiger partial charge < -0.3 is 14.6 Å². The molecule has 1 N–H and O–H groups in total. The molecular formula is C16H20N2O2. The van der Waals surface area contributed by atoms with E-state index in [0.29, 0.717) is 6.04 Å². The maximum absolute atomic E-state index is 11.1. The predicted octanol–water partition coefficient (Wildman–Crippen LogP) is 2.14. The molecule has 2 aromatic rings. The van der Waals surface area contributed by atoms with Gasteiger partial charge in [-0.15, -0.1) is 0 Å². The van der Waals surface area contributed by atoms with Gasteiger partial charge in [0.2, 0.25) is 0 Å². The van der Waals surface area contributed by atoms with Crippen LogP contribution in [0.1, 0.15) is 17.7 Å². The van der Waals surface area contributed by atoms with Crippen LogP contribution in [0.25, 0.3) is 10.9 Å². The lowest BCUT2D eigenvalue weighted by atomic mass is 9.91. The third-order valence-corrected chi connectivity index (χ3v) is 4.37. The van der Waals surface area contributed by atoms with Crippen LogP contribution in [0.2, 0.25) is 0 Å². The first-order chi connectivity index (χ1) is 9.58. The van der Waals surface area contributed by atoms with E-state index in [1.807, 2.05) is 22.8 Å². The number of likely N-dealkylation sites (N-methyl/N-ethyl adjacent to an activating group) is 1. The molecule has 20 heavy (non-hydrogen) atoms. The topological polar surface area (TPSA) is 45.5 Å². The highest BCUT2D eigenvalue weighted by Crippen LogP contribution is 2.33. The Morgan fingerprint density at radius 3 is 2.85 bits per heavy atom. The molecule has 0 spiro atoms. The van der Waals surface area contributed by atoms with Gasteiger partial charge in [-0.2, -0.15) is 0 Å². The molecule has 0 amide bonds. The molecule has 106 valence electrons. The van der Waals surface area contributed by atoms with Crippen molar-refractivity contribution in [3.05, 3.63) is 35.5 Å². The zero-order valence-electron chi connectivity index (χ0n) is 12.0. The van der Waals surface area contributed by atoms with Crippen LogP contribution in [0.15, 0.2) is 24.3 Å². The molecule has 0 bridgehead atoms. The van der Waals surface area contributed by atoms with Crippen LogP contribution < -0.4 is 0 Å². The SMILES string of the molecule is CN(C)C1CCc2c(c3ccccc3n2CC(=O)O)C1. The van der Waals surface area contributed by atoms with Crippen molar-refractivity contribution in [3.8, 4) is 0 Å². The molecule has 1 aromatic heterocycles. The Labute approximate surface area is 118 Å². The normalized spacial score (nSPS) is 18.4. The van der Waals surface area contributed by atoms with E-state index >= 15 is 0 Å². The number of benzene rings is 1. The van der Waals surface area contributed by atoms with Gasteiger partial charge >= 0.3 is 5.97 Å². The van der Waals surface area contributed by atoms with Crippen molar-refractivity contribution in [2.75, 3.05) is 14.1 Å². The number of aromatic nitrogens is 1. The first kappa shape index (κ1) is 13.2. The summed E-state index contributed by atoms with van der Waals surface area (Å²) in [7, 11) is 4.23. The maximum Gasteiger partial charge on any atom is 0.323 e. The second kappa shape index (κ2) is 4.94. The van der Waals surface area contributed by atoms with Crippen LogP contribution in [0, 0.1) is 0 Å². The summed E-state index contributed by atoms with van der Waals surface area (Å²) in [6.07, 6.45) is 3.06. The van der Waals surface area contributed by atoms with E-state index in [1.54, 1.807) is 0 Å². The van der Waals surface area contributed by atoms with Gasteiger partial charge in [-0.1, -0.05) is 18.2 Å². The summed E-state index contributed by atoms with van der Waals surface area (Å²) in [6, 6.07) is 8.71. The Balaban J connectivity index is 2.14. The molecule has 3 rings (SSSR count). The van der Waals surface area contributed by atoms with Crippen molar-refractivity contribution in [2.24, 2.45) is 0 Å². The fourth-order valence-corrected chi connectivity index (χ4v) is 3.34. The minimum absolute atomic E-state index is 0.0580. The molecular weight excluding hydrogens is 252 g/mol. The van der Waals surface area contributed by atoms with Crippen LogP contribution in [0.3, 0.4) is 0 Å². The molecule has 0 fully saturated rings. The van der Waals surface area contributed by atoms with Crippen LogP contribution in [0.5, 0.6) is 0 Å². The predicted molar refractivity (Wildman–Crippen MR) is 79.1 cm³/mol. The zero-order chi connectivity index (χ0) is 14.3. The number of carboxylic acids is 1.